The Bertz CT molecular complexity index is 4530. The molecule has 0 aliphatic heterocycles. The second-order valence-corrected chi connectivity index (χ2v) is 18.4. The van der Waals surface area contributed by atoms with Gasteiger partial charge in [0.1, 0.15) is 22.3 Å². The Hall–Kier alpha value is -9.38. The fraction of sp³-hybridized carbons (Fsp3) is 0. The molecule has 4 heteroatoms. The Morgan fingerprint density at radius 2 is 0.700 bits per heavy atom. The minimum absolute atomic E-state index is 0.769. The zero-order valence-electron chi connectivity index (χ0n) is 37.7. The predicted octanol–water partition coefficient (Wildman–Crippen LogP) is 18.4. The van der Waals surface area contributed by atoms with Crippen LogP contribution in [0.15, 0.2) is 239 Å². The van der Waals surface area contributed by atoms with Crippen LogP contribution in [0.2, 0.25) is 0 Å². The Morgan fingerprint density at radius 3 is 1.26 bits per heavy atom. The van der Waals surface area contributed by atoms with E-state index >= 15 is 0 Å². The lowest BCUT2D eigenvalue weighted by molar-refractivity contribution is 0.670. The van der Waals surface area contributed by atoms with E-state index in [4.69, 9.17) is 18.8 Å². The summed E-state index contributed by atoms with van der Waals surface area (Å²) in [5, 5.41) is 13.6. The second-order valence-electron chi connectivity index (χ2n) is 18.4. The summed E-state index contributed by atoms with van der Waals surface area (Å²) in [5.41, 5.74) is 15.5. The maximum absolute atomic E-state index is 6.68. The minimum atomic E-state index is 0.769. The molecule has 15 aromatic rings. The molecule has 0 amide bonds. The molecular weight excluding hydrogens is 853 g/mol. The molecule has 0 aliphatic rings. The average molecular weight is 891 g/mol. The molecular formula is C66H38N2O2. The van der Waals surface area contributed by atoms with E-state index in [1.54, 1.807) is 0 Å². The number of rotatable bonds is 5. The third-order valence-corrected chi connectivity index (χ3v) is 14.5. The first-order valence-corrected chi connectivity index (χ1v) is 23.8. The molecule has 15 rings (SSSR count). The van der Waals surface area contributed by atoms with Gasteiger partial charge in [0.25, 0.3) is 0 Å². The lowest BCUT2D eigenvalue weighted by Crippen LogP contribution is -1.94. The molecule has 3 aromatic heterocycles. The molecule has 0 radical (unpaired) electrons. The molecule has 0 saturated heterocycles. The van der Waals surface area contributed by atoms with E-state index in [1.165, 1.54) is 32.7 Å². The van der Waals surface area contributed by atoms with Crippen LogP contribution in [-0.4, -0.2) is 9.97 Å². The first-order valence-electron chi connectivity index (χ1n) is 23.8. The van der Waals surface area contributed by atoms with Crippen LogP contribution in [0.4, 0.5) is 0 Å². The number of para-hydroxylation sites is 4. The van der Waals surface area contributed by atoms with Gasteiger partial charge in [-0.15, -0.1) is 0 Å². The molecule has 0 bridgehead atoms. The lowest BCUT2D eigenvalue weighted by Gasteiger charge is -2.15. The van der Waals surface area contributed by atoms with Gasteiger partial charge in [0.05, 0.1) is 22.9 Å². The Morgan fingerprint density at radius 1 is 0.271 bits per heavy atom. The fourth-order valence-corrected chi connectivity index (χ4v) is 11.2. The summed E-state index contributed by atoms with van der Waals surface area (Å²) >= 11 is 0. The van der Waals surface area contributed by atoms with Gasteiger partial charge in [0.15, 0.2) is 0 Å². The van der Waals surface area contributed by atoms with E-state index in [-0.39, 0.29) is 0 Å². The highest BCUT2D eigenvalue weighted by Gasteiger charge is 2.20. The van der Waals surface area contributed by atoms with Crippen molar-refractivity contribution in [2.75, 3.05) is 0 Å². The number of furan rings is 2. The van der Waals surface area contributed by atoms with Crippen molar-refractivity contribution >= 4 is 98.0 Å². The predicted molar refractivity (Wildman–Crippen MR) is 291 cm³/mol. The number of aromatic nitrogens is 2. The van der Waals surface area contributed by atoms with Gasteiger partial charge in [-0.25, -0.2) is 4.98 Å². The Labute approximate surface area is 401 Å². The molecule has 0 N–H and O–H groups in total. The summed E-state index contributed by atoms with van der Waals surface area (Å²) < 4.78 is 13.4. The lowest BCUT2D eigenvalue weighted by atomic mass is 9.91. The van der Waals surface area contributed by atoms with Gasteiger partial charge >= 0.3 is 0 Å². The van der Waals surface area contributed by atoms with Crippen molar-refractivity contribution in [3.8, 4) is 55.8 Å². The van der Waals surface area contributed by atoms with Crippen LogP contribution in [-0.2, 0) is 0 Å². The first kappa shape index (κ1) is 38.7. The normalized spacial score (nSPS) is 12.0. The van der Waals surface area contributed by atoms with Crippen LogP contribution in [0.1, 0.15) is 0 Å². The molecule has 0 fully saturated rings. The smallest absolute Gasteiger partial charge is 0.143 e. The number of fused-ring (bicyclic) bond motifs is 14. The van der Waals surface area contributed by atoms with Crippen LogP contribution >= 0.6 is 0 Å². The van der Waals surface area contributed by atoms with Crippen LogP contribution < -0.4 is 0 Å². The van der Waals surface area contributed by atoms with E-state index in [0.29, 0.717) is 0 Å². The van der Waals surface area contributed by atoms with E-state index in [0.717, 1.165) is 121 Å². The Kier molecular flexibility index (Phi) is 8.33. The minimum Gasteiger partial charge on any atom is -0.455 e. The molecule has 0 atom stereocenters. The molecule has 12 aromatic carbocycles. The fourth-order valence-electron chi connectivity index (χ4n) is 11.2. The van der Waals surface area contributed by atoms with Crippen LogP contribution in [0.25, 0.3) is 154 Å². The van der Waals surface area contributed by atoms with Crippen molar-refractivity contribution < 1.29 is 8.83 Å². The maximum atomic E-state index is 6.68. The van der Waals surface area contributed by atoms with Gasteiger partial charge in [-0.1, -0.05) is 182 Å². The van der Waals surface area contributed by atoms with Gasteiger partial charge in [-0.05, 0) is 108 Å². The zero-order chi connectivity index (χ0) is 45.9. The summed E-state index contributed by atoms with van der Waals surface area (Å²) in [7, 11) is 0. The highest BCUT2D eigenvalue weighted by molar-refractivity contribution is 6.25. The zero-order valence-corrected chi connectivity index (χ0v) is 37.7. The van der Waals surface area contributed by atoms with Crippen molar-refractivity contribution in [2.24, 2.45) is 0 Å². The first-order chi connectivity index (χ1) is 34.7. The van der Waals surface area contributed by atoms with E-state index in [2.05, 4.69) is 200 Å². The standard InChI is InChI=1S/C66H38N2O2/c1-3-17-46-39(13-1)15-9-21-48(46)41-29-31-52-53-32-30-42(49-22-10-16-40-14-2-4-18-47(40)49)37-59(53)64-63(58(52)36-41)67-38-60(68-64)45-34-43(50-23-11-25-56-54-19-5-7-27-61(54)69-65(50)56)33-44(35-45)51-24-12-26-57-55-20-6-8-28-62(55)70-66(51)57/h1-38H. The third-order valence-electron chi connectivity index (χ3n) is 14.5. The van der Waals surface area contributed by atoms with E-state index < -0.39 is 0 Å². The highest BCUT2D eigenvalue weighted by Crippen LogP contribution is 2.44. The largest absolute Gasteiger partial charge is 0.455 e. The van der Waals surface area contributed by atoms with Gasteiger partial charge in [-0.2, -0.15) is 0 Å². The number of nitrogens with zero attached hydrogens (tertiary/aromatic N) is 2. The topological polar surface area (TPSA) is 52.1 Å². The van der Waals surface area contributed by atoms with Crippen molar-refractivity contribution in [2.45, 2.75) is 0 Å². The SMILES string of the molecule is c1ccc2c(-c3ccc4c5ccc(-c6cccc7ccccc67)cc5c5nc(-c6cc(-c7cccc8c7oc7ccccc78)cc(-c7cccc8c7oc7ccccc78)c6)cnc5c4c3)cccc2c1. The molecule has 324 valence electrons. The van der Waals surface area contributed by atoms with Crippen molar-refractivity contribution in [3.63, 3.8) is 0 Å². The monoisotopic (exact) mass is 890 g/mol. The second kappa shape index (κ2) is 15.1. The quantitative estimate of drug-likeness (QED) is 0.162. The average Bonchev–Trinajstić information content (AvgIpc) is 4.01. The molecule has 4 nitrogen and oxygen atoms in total. The number of benzene rings is 12. The van der Waals surface area contributed by atoms with E-state index in [9.17, 15) is 0 Å². The van der Waals surface area contributed by atoms with Crippen LogP contribution in [0.3, 0.4) is 0 Å². The molecule has 0 aliphatic carbocycles. The molecule has 0 spiro atoms. The maximum Gasteiger partial charge on any atom is 0.143 e. The molecule has 0 unspecified atom stereocenters. The third kappa shape index (κ3) is 5.90. The molecule has 0 saturated carbocycles. The number of hydrogen-bond donors (Lipinski definition) is 0. The van der Waals surface area contributed by atoms with Gasteiger partial charge in [0, 0.05) is 49.0 Å². The number of hydrogen-bond acceptors (Lipinski definition) is 4. The van der Waals surface area contributed by atoms with Crippen molar-refractivity contribution in [3.05, 3.63) is 231 Å². The van der Waals surface area contributed by atoms with Crippen molar-refractivity contribution in [1.29, 1.82) is 0 Å². The van der Waals surface area contributed by atoms with Crippen LogP contribution in [0.5, 0.6) is 0 Å². The van der Waals surface area contributed by atoms with E-state index in [1.807, 2.05) is 30.5 Å². The summed E-state index contributed by atoms with van der Waals surface area (Å²) in [6.07, 6.45) is 1.96. The molecule has 70 heavy (non-hydrogen) atoms. The summed E-state index contributed by atoms with van der Waals surface area (Å²) in [6.45, 7) is 0. The van der Waals surface area contributed by atoms with Gasteiger partial charge in [0.2, 0.25) is 0 Å². The molecule has 3 heterocycles. The highest BCUT2D eigenvalue weighted by atomic mass is 16.3. The summed E-state index contributed by atoms with van der Waals surface area (Å²) in [5.74, 6) is 0. The van der Waals surface area contributed by atoms with Gasteiger partial charge in [-0.3, -0.25) is 4.98 Å². The summed E-state index contributed by atoms with van der Waals surface area (Å²) in [4.78, 5) is 11.2. The van der Waals surface area contributed by atoms with Gasteiger partial charge < -0.3 is 8.83 Å². The van der Waals surface area contributed by atoms with Crippen LogP contribution in [0, 0.1) is 0 Å². The Balaban J connectivity index is 1.01. The summed E-state index contributed by atoms with van der Waals surface area (Å²) in [6, 6.07) is 80.1. The van der Waals surface area contributed by atoms with Crippen molar-refractivity contribution in [1.82, 2.24) is 9.97 Å².